The van der Waals surface area contributed by atoms with Gasteiger partial charge >= 0.3 is 0 Å². The van der Waals surface area contributed by atoms with Crippen LogP contribution in [0.25, 0.3) is 0 Å². The topological polar surface area (TPSA) is 69.6 Å². The number of anilines is 1. The van der Waals surface area contributed by atoms with Gasteiger partial charge in [-0.15, -0.1) is 0 Å². The first-order valence-corrected chi connectivity index (χ1v) is 8.66. The third-order valence-corrected chi connectivity index (χ3v) is 5.62. The standard InChI is InChI=1S/C20H19FN2O3/c21-16-3-5-17(6-4-16)23-10-9-20(19(23)25)8-7-13-11-14(18(24)22-26)1-2-15(13)12-20/h1-6,11,26H,7-10,12H2,(H,22,24)/t20-/m1/s1. The lowest BCUT2D eigenvalue weighted by Crippen LogP contribution is -2.38. The smallest absolute Gasteiger partial charge is 0.274 e. The molecule has 2 aromatic carbocycles. The maximum Gasteiger partial charge on any atom is 0.274 e. The number of carbonyl (C=O) groups is 2. The highest BCUT2D eigenvalue weighted by molar-refractivity contribution is 6.00. The molecule has 2 aliphatic rings. The molecule has 1 atom stereocenters. The second-order valence-electron chi connectivity index (χ2n) is 7.06. The molecule has 0 saturated carbocycles. The predicted molar refractivity (Wildman–Crippen MR) is 93.5 cm³/mol. The van der Waals surface area contributed by atoms with Crippen molar-refractivity contribution in [2.75, 3.05) is 11.4 Å². The highest BCUT2D eigenvalue weighted by Crippen LogP contribution is 2.45. The van der Waals surface area contributed by atoms with Crippen molar-refractivity contribution in [1.82, 2.24) is 5.48 Å². The van der Waals surface area contributed by atoms with Gasteiger partial charge in [-0.25, -0.2) is 9.87 Å². The van der Waals surface area contributed by atoms with Crippen LogP contribution in [-0.4, -0.2) is 23.6 Å². The van der Waals surface area contributed by atoms with Crippen molar-refractivity contribution in [3.8, 4) is 0 Å². The molecule has 1 saturated heterocycles. The van der Waals surface area contributed by atoms with E-state index in [1.165, 1.54) is 12.1 Å². The number of hydrogen-bond acceptors (Lipinski definition) is 3. The van der Waals surface area contributed by atoms with Gasteiger partial charge in [-0.1, -0.05) is 6.07 Å². The van der Waals surface area contributed by atoms with Crippen molar-refractivity contribution in [3.05, 3.63) is 65.0 Å². The molecule has 0 radical (unpaired) electrons. The molecule has 1 fully saturated rings. The van der Waals surface area contributed by atoms with Crippen molar-refractivity contribution in [2.45, 2.75) is 25.7 Å². The van der Waals surface area contributed by atoms with Crippen molar-refractivity contribution < 1.29 is 19.2 Å². The Kier molecular flexibility index (Phi) is 4.00. The van der Waals surface area contributed by atoms with Gasteiger partial charge in [0.05, 0.1) is 5.41 Å². The van der Waals surface area contributed by atoms with E-state index in [4.69, 9.17) is 5.21 Å². The Bertz CT molecular complexity index is 881. The van der Waals surface area contributed by atoms with E-state index in [1.54, 1.807) is 34.6 Å². The van der Waals surface area contributed by atoms with Crippen LogP contribution in [0, 0.1) is 11.2 Å². The second kappa shape index (κ2) is 6.21. The van der Waals surface area contributed by atoms with E-state index in [0.717, 1.165) is 29.7 Å². The maximum atomic E-state index is 13.2. The highest BCUT2D eigenvalue weighted by Gasteiger charge is 2.48. The van der Waals surface area contributed by atoms with E-state index >= 15 is 0 Å². The van der Waals surface area contributed by atoms with Gasteiger partial charge in [0.15, 0.2) is 0 Å². The van der Waals surface area contributed by atoms with Gasteiger partial charge in [0.1, 0.15) is 5.82 Å². The lowest BCUT2D eigenvalue weighted by molar-refractivity contribution is -0.126. The molecule has 2 aromatic rings. The van der Waals surface area contributed by atoms with Crippen molar-refractivity contribution >= 4 is 17.5 Å². The van der Waals surface area contributed by atoms with Gasteiger partial charge in [0.2, 0.25) is 5.91 Å². The zero-order chi connectivity index (χ0) is 18.3. The molecule has 1 heterocycles. The molecule has 5 nitrogen and oxygen atoms in total. The summed E-state index contributed by atoms with van der Waals surface area (Å²) < 4.78 is 13.2. The molecule has 2 N–H and O–H groups in total. The summed E-state index contributed by atoms with van der Waals surface area (Å²) >= 11 is 0. The number of hydroxylamine groups is 1. The lowest BCUT2D eigenvalue weighted by Gasteiger charge is -2.33. The van der Waals surface area contributed by atoms with Gasteiger partial charge in [0, 0.05) is 17.8 Å². The summed E-state index contributed by atoms with van der Waals surface area (Å²) in [4.78, 5) is 26.5. The van der Waals surface area contributed by atoms with E-state index in [-0.39, 0.29) is 11.7 Å². The summed E-state index contributed by atoms with van der Waals surface area (Å²) in [7, 11) is 0. The minimum atomic E-state index is -0.535. The molecule has 1 aliphatic heterocycles. The molecule has 1 spiro atoms. The van der Waals surface area contributed by atoms with E-state index in [1.807, 2.05) is 6.07 Å². The van der Waals surface area contributed by atoms with Crippen molar-refractivity contribution in [3.63, 3.8) is 0 Å². The summed E-state index contributed by atoms with van der Waals surface area (Å²) in [6.45, 7) is 0.630. The molecular formula is C20H19FN2O3. The van der Waals surface area contributed by atoms with Crippen molar-refractivity contribution in [1.29, 1.82) is 0 Å². The fourth-order valence-electron chi connectivity index (χ4n) is 4.15. The Morgan fingerprint density at radius 2 is 1.88 bits per heavy atom. The fraction of sp³-hybridized carbons (Fsp3) is 0.300. The van der Waals surface area contributed by atoms with Crippen LogP contribution in [-0.2, 0) is 17.6 Å². The molecule has 134 valence electrons. The van der Waals surface area contributed by atoms with Gasteiger partial charge in [-0.2, -0.15) is 0 Å². The third-order valence-electron chi connectivity index (χ3n) is 5.62. The third kappa shape index (κ3) is 2.66. The van der Waals surface area contributed by atoms with Crippen LogP contribution in [0.5, 0.6) is 0 Å². The number of aryl methyl sites for hydroxylation is 1. The Morgan fingerprint density at radius 3 is 2.62 bits per heavy atom. The Morgan fingerprint density at radius 1 is 1.12 bits per heavy atom. The Labute approximate surface area is 150 Å². The van der Waals surface area contributed by atoms with Gasteiger partial charge in [-0.3, -0.25) is 14.8 Å². The molecule has 0 aromatic heterocycles. The maximum absolute atomic E-state index is 13.2. The minimum absolute atomic E-state index is 0.0898. The fourth-order valence-corrected chi connectivity index (χ4v) is 4.15. The number of halogens is 1. The molecule has 2 amide bonds. The lowest BCUT2D eigenvalue weighted by atomic mass is 9.70. The van der Waals surface area contributed by atoms with Crippen LogP contribution in [0.15, 0.2) is 42.5 Å². The monoisotopic (exact) mass is 354 g/mol. The van der Waals surface area contributed by atoms with Crippen LogP contribution in [0.1, 0.15) is 34.3 Å². The normalized spacial score (nSPS) is 21.8. The minimum Gasteiger partial charge on any atom is -0.312 e. The summed E-state index contributed by atoms with van der Waals surface area (Å²) in [6, 6.07) is 11.3. The predicted octanol–water partition coefficient (Wildman–Crippen LogP) is 2.86. The van der Waals surface area contributed by atoms with E-state index in [0.29, 0.717) is 24.9 Å². The highest BCUT2D eigenvalue weighted by atomic mass is 19.1. The average molecular weight is 354 g/mol. The number of amides is 2. The van der Waals surface area contributed by atoms with Crippen LogP contribution in [0.4, 0.5) is 10.1 Å². The molecular weight excluding hydrogens is 335 g/mol. The quantitative estimate of drug-likeness (QED) is 0.644. The molecule has 26 heavy (non-hydrogen) atoms. The summed E-state index contributed by atoms with van der Waals surface area (Å²) in [6.07, 6.45) is 2.84. The number of nitrogens with one attached hydrogen (secondary N) is 1. The van der Waals surface area contributed by atoms with Gasteiger partial charge in [0.25, 0.3) is 5.91 Å². The number of rotatable bonds is 2. The number of carbonyl (C=O) groups excluding carboxylic acids is 2. The Hall–Kier alpha value is -2.73. The van der Waals surface area contributed by atoms with E-state index in [9.17, 15) is 14.0 Å². The van der Waals surface area contributed by atoms with Gasteiger partial charge in [-0.05, 0) is 73.2 Å². The molecule has 1 aliphatic carbocycles. The molecule has 0 bridgehead atoms. The van der Waals surface area contributed by atoms with Crippen molar-refractivity contribution in [2.24, 2.45) is 5.41 Å². The molecule has 0 unspecified atom stereocenters. The summed E-state index contributed by atoms with van der Waals surface area (Å²) in [5.41, 5.74) is 4.47. The van der Waals surface area contributed by atoms with Crippen LogP contribution < -0.4 is 10.4 Å². The summed E-state index contributed by atoms with van der Waals surface area (Å²) in [5, 5.41) is 8.78. The zero-order valence-electron chi connectivity index (χ0n) is 14.2. The first kappa shape index (κ1) is 16.7. The number of benzene rings is 2. The number of nitrogens with zero attached hydrogens (tertiary/aromatic N) is 1. The first-order valence-electron chi connectivity index (χ1n) is 8.66. The first-order chi connectivity index (χ1) is 12.5. The molecule has 4 rings (SSSR count). The van der Waals surface area contributed by atoms with Crippen LogP contribution in [0.2, 0.25) is 0 Å². The average Bonchev–Trinajstić information content (AvgIpc) is 2.97. The van der Waals surface area contributed by atoms with E-state index in [2.05, 4.69) is 0 Å². The largest absolute Gasteiger partial charge is 0.312 e. The SMILES string of the molecule is O=C(NO)c1ccc2c(c1)CC[C@@]1(CCN(c3ccc(F)cc3)C1=O)C2. The second-order valence-corrected chi connectivity index (χ2v) is 7.06. The zero-order valence-corrected chi connectivity index (χ0v) is 14.2. The Balaban J connectivity index is 1.59. The summed E-state index contributed by atoms with van der Waals surface area (Å²) in [5.74, 6) is -0.760. The molecule has 6 heteroatoms. The van der Waals surface area contributed by atoms with Crippen LogP contribution >= 0.6 is 0 Å². The van der Waals surface area contributed by atoms with E-state index < -0.39 is 11.3 Å². The van der Waals surface area contributed by atoms with Crippen LogP contribution in [0.3, 0.4) is 0 Å². The number of hydrogen-bond donors (Lipinski definition) is 2. The van der Waals surface area contributed by atoms with Gasteiger partial charge < -0.3 is 4.90 Å². The number of fused-ring (bicyclic) bond motifs is 1.